The fourth-order valence-electron chi connectivity index (χ4n) is 1.72. The van der Waals surface area contributed by atoms with Gasteiger partial charge in [-0.25, -0.2) is 0 Å². The van der Waals surface area contributed by atoms with Gasteiger partial charge in [0.1, 0.15) is 6.61 Å². The van der Waals surface area contributed by atoms with Crippen molar-refractivity contribution < 1.29 is 14.3 Å². The number of amides is 2. The van der Waals surface area contributed by atoms with E-state index in [-0.39, 0.29) is 18.4 Å². The van der Waals surface area contributed by atoms with Crippen molar-refractivity contribution in [3.63, 3.8) is 0 Å². The van der Waals surface area contributed by atoms with E-state index < -0.39 is 0 Å². The number of fused-ring (bicyclic) bond motifs is 1. The van der Waals surface area contributed by atoms with Crippen LogP contribution in [0.4, 0.5) is 0 Å². The standard InChI is InChI=1S/C14H13NO3/c1-2-18-10-6-5-9-15-13(16)11-7-3-4-8-12(11)14(15)17/h3-4,7-8H,2,9-10H2,1H3. The summed E-state index contributed by atoms with van der Waals surface area (Å²) in [6.45, 7) is 2.91. The molecular weight excluding hydrogens is 230 g/mol. The highest BCUT2D eigenvalue weighted by Crippen LogP contribution is 2.21. The van der Waals surface area contributed by atoms with Crippen molar-refractivity contribution in [2.75, 3.05) is 19.8 Å². The Hall–Kier alpha value is -2.12. The Labute approximate surface area is 106 Å². The number of nitrogens with zero attached hydrogens (tertiary/aromatic N) is 1. The molecule has 0 aliphatic carbocycles. The summed E-state index contributed by atoms with van der Waals surface area (Å²) in [5.41, 5.74) is 0.906. The number of carbonyl (C=O) groups is 2. The summed E-state index contributed by atoms with van der Waals surface area (Å²) >= 11 is 0. The molecule has 1 aliphatic heterocycles. The van der Waals surface area contributed by atoms with E-state index >= 15 is 0 Å². The van der Waals surface area contributed by atoms with Crippen molar-refractivity contribution >= 4 is 11.8 Å². The highest BCUT2D eigenvalue weighted by Gasteiger charge is 2.34. The molecule has 4 nitrogen and oxygen atoms in total. The highest BCUT2D eigenvalue weighted by atomic mass is 16.5. The minimum Gasteiger partial charge on any atom is -0.369 e. The average molecular weight is 243 g/mol. The van der Waals surface area contributed by atoms with Crippen LogP contribution in [0.2, 0.25) is 0 Å². The molecule has 1 heterocycles. The third-order valence-electron chi connectivity index (χ3n) is 2.62. The zero-order valence-corrected chi connectivity index (χ0v) is 10.1. The summed E-state index contributed by atoms with van der Waals surface area (Å²) in [7, 11) is 0. The maximum atomic E-state index is 11.9. The second-order valence-corrected chi connectivity index (χ2v) is 3.73. The molecule has 18 heavy (non-hydrogen) atoms. The van der Waals surface area contributed by atoms with Gasteiger partial charge in [-0.05, 0) is 19.1 Å². The van der Waals surface area contributed by atoms with E-state index in [1.54, 1.807) is 24.3 Å². The number of hydrogen-bond acceptors (Lipinski definition) is 3. The molecule has 4 heteroatoms. The van der Waals surface area contributed by atoms with Crippen molar-refractivity contribution in [1.29, 1.82) is 0 Å². The number of imide groups is 1. The number of hydrogen-bond donors (Lipinski definition) is 0. The van der Waals surface area contributed by atoms with E-state index in [9.17, 15) is 9.59 Å². The second kappa shape index (κ2) is 5.48. The Balaban J connectivity index is 2.06. The maximum Gasteiger partial charge on any atom is 0.262 e. The van der Waals surface area contributed by atoms with Gasteiger partial charge in [0.2, 0.25) is 0 Å². The van der Waals surface area contributed by atoms with Crippen molar-refractivity contribution in [3.8, 4) is 11.8 Å². The van der Waals surface area contributed by atoms with E-state index in [0.29, 0.717) is 24.3 Å². The van der Waals surface area contributed by atoms with Gasteiger partial charge in [0.15, 0.2) is 0 Å². The normalized spacial score (nSPS) is 13.3. The van der Waals surface area contributed by atoms with E-state index in [1.807, 2.05) is 6.92 Å². The first kappa shape index (κ1) is 12.3. The third kappa shape index (κ3) is 2.27. The lowest BCUT2D eigenvalue weighted by Gasteiger charge is -2.08. The third-order valence-corrected chi connectivity index (χ3v) is 2.62. The summed E-state index contributed by atoms with van der Waals surface area (Å²) in [4.78, 5) is 25.0. The first-order valence-electron chi connectivity index (χ1n) is 5.74. The van der Waals surface area contributed by atoms with E-state index in [0.717, 1.165) is 4.90 Å². The van der Waals surface area contributed by atoms with Crippen LogP contribution in [0.5, 0.6) is 0 Å². The fraction of sp³-hybridized carbons (Fsp3) is 0.286. The Morgan fingerprint density at radius 2 is 1.72 bits per heavy atom. The van der Waals surface area contributed by atoms with Crippen LogP contribution in [0.3, 0.4) is 0 Å². The lowest BCUT2D eigenvalue weighted by molar-refractivity contribution is 0.0674. The molecule has 0 fully saturated rings. The first-order valence-corrected chi connectivity index (χ1v) is 5.74. The number of carbonyl (C=O) groups excluding carboxylic acids is 2. The molecule has 2 amide bonds. The van der Waals surface area contributed by atoms with Crippen LogP contribution in [-0.2, 0) is 4.74 Å². The monoisotopic (exact) mass is 243 g/mol. The minimum absolute atomic E-state index is 0.111. The van der Waals surface area contributed by atoms with Gasteiger partial charge in [-0.2, -0.15) is 0 Å². The van der Waals surface area contributed by atoms with E-state index in [1.165, 1.54) is 0 Å². The largest absolute Gasteiger partial charge is 0.369 e. The molecule has 0 saturated carbocycles. The topological polar surface area (TPSA) is 46.6 Å². The van der Waals surface area contributed by atoms with Crippen LogP contribution in [0, 0.1) is 11.8 Å². The Morgan fingerprint density at radius 1 is 1.11 bits per heavy atom. The van der Waals surface area contributed by atoms with Crippen molar-refractivity contribution in [3.05, 3.63) is 35.4 Å². The van der Waals surface area contributed by atoms with Crippen molar-refractivity contribution in [2.24, 2.45) is 0 Å². The molecule has 0 unspecified atom stereocenters. The molecule has 0 N–H and O–H groups in total. The van der Waals surface area contributed by atoms with Crippen LogP contribution < -0.4 is 0 Å². The fourth-order valence-corrected chi connectivity index (χ4v) is 1.72. The van der Waals surface area contributed by atoms with Gasteiger partial charge >= 0.3 is 0 Å². The highest BCUT2D eigenvalue weighted by molar-refractivity contribution is 6.21. The summed E-state index contributed by atoms with van der Waals surface area (Å²) < 4.78 is 5.05. The smallest absolute Gasteiger partial charge is 0.262 e. The van der Waals surface area contributed by atoms with Gasteiger partial charge in [-0.15, -0.1) is 0 Å². The summed E-state index contributed by atoms with van der Waals surface area (Å²) in [5.74, 6) is 4.98. The lowest BCUT2D eigenvalue weighted by Crippen LogP contribution is -2.30. The Kier molecular flexibility index (Phi) is 3.75. The molecule has 0 atom stereocenters. The van der Waals surface area contributed by atoms with Gasteiger partial charge in [0.05, 0.1) is 17.7 Å². The van der Waals surface area contributed by atoms with Crippen LogP contribution in [-0.4, -0.2) is 36.5 Å². The molecular formula is C14H13NO3. The molecule has 0 spiro atoms. The molecule has 92 valence electrons. The zero-order chi connectivity index (χ0) is 13.0. The predicted octanol–water partition coefficient (Wildman–Crippen LogP) is 1.32. The molecule has 0 aromatic heterocycles. The van der Waals surface area contributed by atoms with Gasteiger partial charge in [-0.3, -0.25) is 14.5 Å². The van der Waals surface area contributed by atoms with Crippen LogP contribution in [0.15, 0.2) is 24.3 Å². The predicted molar refractivity (Wildman–Crippen MR) is 66.1 cm³/mol. The van der Waals surface area contributed by atoms with Crippen molar-refractivity contribution in [2.45, 2.75) is 6.92 Å². The van der Waals surface area contributed by atoms with Gasteiger partial charge < -0.3 is 4.74 Å². The molecule has 0 bridgehead atoms. The summed E-state index contributed by atoms with van der Waals surface area (Å²) in [6.07, 6.45) is 0. The van der Waals surface area contributed by atoms with Gasteiger partial charge in [-0.1, -0.05) is 24.0 Å². The summed E-state index contributed by atoms with van der Waals surface area (Å²) in [5, 5.41) is 0. The maximum absolute atomic E-state index is 11.9. The molecule has 1 aromatic carbocycles. The Bertz CT molecular complexity index is 504. The zero-order valence-electron chi connectivity index (χ0n) is 10.1. The molecule has 2 rings (SSSR count). The summed E-state index contributed by atoms with van der Waals surface area (Å²) in [6, 6.07) is 6.80. The molecule has 0 radical (unpaired) electrons. The second-order valence-electron chi connectivity index (χ2n) is 3.73. The van der Waals surface area contributed by atoms with Crippen molar-refractivity contribution in [1.82, 2.24) is 4.90 Å². The first-order chi connectivity index (χ1) is 8.75. The van der Waals surface area contributed by atoms with E-state index in [4.69, 9.17) is 4.74 Å². The van der Waals surface area contributed by atoms with Gasteiger partial charge in [0.25, 0.3) is 11.8 Å². The average Bonchev–Trinajstić information content (AvgIpc) is 2.64. The quantitative estimate of drug-likeness (QED) is 0.457. The Morgan fingerprint density at radius 3 is 2.28 bits per heavy atom. The minimum atomic E-state index is -0.277. The SMILES string of the molecule is CCOCC#CCN1C(=O)c2ccccc2C1=O. The molecule has 1 aromatic rings. The molecule has 0 saturated heterocycles. The number of benzene rings is 1. The number of ether oxygens (including phenoxy) is 1. The lowest BCUT2D eigenvalue weighted by atomic mass is 10.1. The van der Waals surface area contributed by atoms with Gasteiger partial charge in [0, 0.05) is 6.61 Å². The van der Waals surface area contributed by atoms with Crippen LogP contribution in [0.1, 0.15) is 27.6 Å². The molecule has 1 aliphatic rings. The van der Waals surface area contributed by atoms with E-state index in [2.05, 4.69) is 11.8 Å². The van der Waals surface area contributed by atoms with Crippen LogP contribution >= 0.6 is 0 Å². The van der Waals surface area contributed by atoms with Crippen LogP contribution in [0.25, 0.3) is 0 Å². The number of rotatable bonds is 3.